The van der Waals surface area contributed by atoms with Crippen LogP contribution in [0.2, 0.25) is 0 Å². The smallest absolute Gasteiger partial charge is 0.130 e. The lowest BCUT2D eigenvalue weighted by atomic mass is 10.1. The van der Waals surface area contributed by atoms with E-state index in [1.807, 2.05) is 6.92 Å². The van der Waals surface area contributed by atoms with E-state index in [1.165, 1.54) is 0 Å². The molecule has 12 heavy (non-hydrogen) atoms. The molecule has 0 saturated carbocycles. The molecule has 0 aromatic heterocycles. The Kier molecular flexibility index (Phi) is 2.80. The molecule has 1 heterocycles. The van der Waals surface area contributed by atoms with Gasteiger partial charge in [0, 0.05) is 18.2 Å². The highest BCUT2D eigenvalue weighted by atomic mass is 16.6. The number of aliphatic imine (C=N–C) groups is 1. The summed E-state index contributed by atoms with van der Waals surface area (Å²) < 4.78 is 0. The predicted octanol–water partition coefficient (Wildman–Crippen LogP) is 1.92. The van der Waals surface area contributed by atoms with Crippen LogP contribution in [-0.2, 0) is 4.84 Å². The molecule has 1 unspecified atom stereocenters. The Hall–Kier alpha value is -1.38. The van der Waals surface area contributed by atoms with Crippen LogP contribution in [0.1, 0.15) is 13.3 Å². The predicted molar refractivity (Wildman–Crippen MR) is 50.4 cm³/mol. The summed E-state index contributed by atoms with van der Waals surface area (Å²) in [7, 11) is 0. The molecule has 0 fully saturated rings. The van der Waals surface area contributed by atoms with E-state index < -0.39 is 0 Å². The van der Waals surface area contributed by atoms with Gasteiger partial charge in [0.2, 0.25) is 0 Å². The minimum atomic E-state index is 0.160. The second kappa shape index (κ2) is 3.85. The van der Waals surface area contributed by atoms with Crippen LogP contribution >= 0.6 is 0 Å². The third-order valence-corrected chi connectivity index (χ3v) is 1.61. The van der Waals surface area contributed by atoms with Crippen LogP contribution < -0.4 is 0 Å². The molecule has 1 aliphatic rings. The lowest BCUT2D eigenvalue weighted by Crippen LogP contribution is -2.03. The van der Waals surface area contributed by atoms with Crippen LogP contribution in [0.15, 0.2) is 34.6 Å². The van der Waals surface area contributed by atoms with Crippen molar-refractivity contribution in [1.82, 2.24) is 0 Å². The zero-order chi connectivity index (χ0) is 8.97. The molecular formula is C9H12N2O. The van der Waals surface area contributed by atoms with Crippen molar-refractivity contribution in [2.45, 2.75) is 19.4 Å². The van der Waals surface area contributed by atoms with Crippen molar-refractivity contribution in [3.8, 4) is 0 Å². The molecule has 0 aromatic rings. The van der Waals surface area contributed by atoms with Gasteiger partial charge in [0.15, 0.2) is 0 Å². The molecule has 64 valence electrons. The van der Waals surface area contributed by atoms with Gasteiger partial charge in [-0.05, 0) is 13.6 Å². The largest absolute Gasteiger partial charge is 0.392 e. The fourth-order valence-corrected chi connectivity index (χ4v) is 1.01. The fourth-order valence-electron chi connectivity index (χ4n) is 1.01. The lowest BCUT2D eigenvalue weighted by molar-refractivity contribution is 0.0995. The maximum atomic E-state index is 5.03. The molecule has 0 spiro atoms. The van der Waals surface area contributed by atoms with Crippen LogP contribution in [0.5, 0.6) is 0 Å². The maximum Gasteiger partial charge on any atom is 0.130 e. The fraction of sp³-hybridized carbons (Fsp3) is 0.333. The first kappa shape index (κ1) is 8.71. The quantitative estimate of drug-likeness (QED) is 0.463. The van der Waals surface area contributed by atoms with Crippen molar-refractivity contribution in [1.29, 1.82) is 0 Å². The zero-order valence-corrected chi connectivity index (χ0v) is 7.16. The van der Waals surface area contributed by atoms with Gasteiger partial charge < -0.3 is 4.84 Å². The summed E-state index contributed by atoms with van der Waals surface area (Å²) in [5, 5.41) is 3.90. The first-order valence-corrected chi connectivity index (χ1v) is 3.79. The highest BCUT2D eigenvalue weighted by molar-refractivity contribution is 6.02. The minimum Gasteiger partial charge on any atom is -0.392 e. The first-order valence-electron chi connectivity index (χ1n) is 3.79. The first-order chi connectivity index (χ1) is 5.77. The molecule has 1 rings (SSSR count). The SMILES string of the molecule is C=C/C(=C\N=C)C1=NOC(C)C1. The Bertz CT molecular complexity index is 253. The second-order valence-corrected chi connectivity index (χ2v) is 2.63. The number of hydrogen-bond donors (Lipinski definition) is 0. The van der Waals surface area contributed by atoms with Crippen molar-refractivity contribution in [3.63, 3.8) is 0 Å². The molecule has 0 radical (unpaired) electrons. The van der Waals surface area contributed by atoms with E-state index in [-0.39, 0.29) is 6.10 Å². The molecule has 0 bridgehead atoms. The second-order valence-electron chi connectivity index (χ2n) is 2.63. The van der Waals surface area contributed by atoms with Gasteiger partial charge in [0.05, 0.1) is 5.71 Å². The van der Waals surface area contributed by atoms with Crippen molar-refractivity contribution in [3.05, 3.63) is 24.4 Å². The summed E-state index contributed by atoms with van der Waals surface area (Å²) in [6.07, 6.45) is 4.31. The Morgan fingerprint density at radius 2 is 2.58 bits per heavy atom. The molecule has 0 N–H and O–H groups in total. The normalized spacial score (nSPS) is 22.9. The van der Waals surface area contributed by atoms with E-state index in [4.69, 9.17) is 4.84 Å². The standard InChI is InChI=1S/C9H12N2O/c1-4-8(6-10-3)9-5-7(2)12-11-9/h4,6-7H,1,3,5H2,2H3/b8-6+. The summed E-state index contributed by atoms with van der Waals surface area (Å²) in [5.74, 6) is 0. The van der Waals surface area contributed by atoms with Gasteiger partial charge in [-0.2, -0.15) is 0 Å². The van der Waals surface area contributed by atoms with Gasteiger partial charge in [0.1, 0.15) is 6.10 Å². The van der Waals surface area contributed by atoms with Crippen molar-refractivity contribution in [2.75, 3.05) is 0 Å². The molecule has 3 nitrogen and oxygen atoms in total. The number of rotatable bonds is 3. The van der Waals surface area contributed by atoms with Crippen LogP contribution in [0.25, 0.3) is 0 Å². The third-order valence-electron chi connectivity index (χ3n) is 1.61. The molecule has 0 aliphatic carbocycles. The minimum absolute atomic E-state index is 0.160. The summed E-state index contributed by atoms with van der Waals surface area (Å²) in [4.78, 5) is 8.69. The lowest BCUT2D eigenvalue weighted by Gasteiger charge is -1.97. The van der Waals surface area contributed by atoms with E-state index in [1.54, 1.807) is 12.3 Å². The average Bonchev–Trinajstić information content (AvgIpc) is 2.47. The Morgan fingerprint density at radius 1 is 1.83 bits per heavy atom. The molecule has 1 atom stereocenters. The van der Waals surface area contributed by atoms with Crippen LogP contribution in [0.4, 0.5) is 0 Å². The Labute approximate surface area is 72.1 Å². The van der Waals surface area contributed by atoms with E-state index in [9.17, 15) is 0 Å². The zero-order valence-electron chi connectivity index (χ0n) is 7.16. The number of allylic oxidation sites excluding steroid dienone is 2. The van der Waals surface area contributed by atoms with E-state index in [2.05, 4.69) is 23.4 Å². The summed E-state index contributed by atoms with van der Waals surface area (Å²) >= 11 is 0. The van der Waals surface area contributed by atoms with Gasteiger partial charge in [-0.15, -0.1) is 0 Å². The van der Waals surface area contributed by atoms with E-state index >= 15 is 0 Å². The van der Waals surface area contributed by atoms with Crippen molar-refractivity contribution in [2.24, 2.45) is 10.1 Å². The Balaban J connectivity index is 2.74. The highest BCUT2D eigenvalue weighted by Crippen LogP contribution is 2.15. The van der Waals surface area contributed by atoms with Gasteiger partial charge in [-0.25, -0.2) is 0 Å². The van der Waals surface area contributed by atoms with Gasteiger partial charge in [-0.1, -0.05) is 17.8 Å². The van der Waals surface area contributed by atoms with Gasteiger partial charge in [-0.3, -0.25) is 4.99 Å². The van der Waals surface area contributed by atoms with Crippen LogP contribution in [0, 0.1) is 0 Å². The third kappa shape index (κ3) is 1.81. The molecule has 0 amide bonds. The van der Waals surface area contributed by atoms with Crippen molar-refractivity contribution >= 4 is 12.4 Å². The number of hydrogen-bond acceptors (Lipinski definition) is 3. The molecule has 0 aromatic carbocycles. The monoisotopic (exact) mass is 164 g/mol. The molecular weight excluding hydrogens is 152 g/mol. The molecule has 3 heteroatoms. The number of oxime groups is 1. The Morgan fingerprint density at radius 3 is 3.00 bits per heavy atom. The van der Waals surface area contributed by atoms with Crippen LogP contribution in [-0.4, -0.2) is 18.5 Å². The van der Waals surface area contributed by atoms with Crippen LogP contribution in [0.3, 0.4) is 0 Å². The van der Waals surface area contributed by atoms with Gasteiger partial charge in [0.25, 0.3) is 0 Å². The van der Waals surface area contributed by atoms with Gasteiger partial charge >= 0.3 is 0 Å². The highest BCUT2D eigenvalue weighted by Gasteiger charge is 2.17. The average molecular weight is 164 g/mol. The van der Waals surface area contributed by atoms with Crippen molar-refractivity contribution < 1.29 is 4.84 Å². The summed E-state index contributed by atoms with van der Waals surface area (Å²) in [6, 6.07) is 0. The molecule has 0 saturated heterocycles. The maximum absolute atomic E-state index is 5.03. The summed E-state index contributed by atoms with van der Waals surface area (Å²) in [5.41, 5.74) is 1.78. The van der Waals surface area contributed by atoms with E-state index in [0.717, 1.165) is 17.7 Å². The number of nitrogens with zero attached hydrogens (tertiary/aromatic N) is 2. The van der Waals surface area contributed by atoms with E-state index in [0.29, 0.717) is 0 Å². The topological polar surface area (TPSA) is 34.0 Å². The summed E-state index contributed by atoms with van der Waals surface area (Å²) in [6.45, 7) is 9.00. The molecule has 1 aliphatic heterocycles.